The van der Waals surface area contributed by atoms with Crippen molar-refractivity contribution >= 4 is 11.7 Å². The van der Waals surface area contributed by atoms with Crippen LogP contribution < -0.4 is 10.1 Å². The van der Waals surface area contributed by atoms with Crippen LogP contribution in [0.2, 0.25) is 0 Å². The molecule has 2 aromatic rings. The van der Waals surface area contributed by atoms with E-state index in [1.54, 1.807) is 13.0 Å². The number of aromatic nitrogens is 1. The molecular weight excluding hydrogens is 256 g/mol. The van der Waals surface area contributed by atoms with Gasteiger partial charge in [0.15, 0.2) is 11.9 Å². The van der Waals surface area contributed by atoms with Crippen LogP contribution in [0.25, 0.3) is 0 Å². The Kier molecular flexibility index (Phi) is 4.40. The van der Waals surface area contributed by atoms with Gasteiger partial charge in [-0.3, -0.25) is 4.79 Å². The van der Waals surface area contributed by atoms with Crippen molar-refractivity contribution in [3.63, 3.8) is 0 Å². The standard InChI is InChI=1S/C15H18N2O3/c1-4-13(19-12-7-5-10(2)6-8-12)15(18)16-14-9-11(3)20-17-14/h5-9,13H,4H2,1-3H3,(H,16,17,18)/t13-/m0/s1. The molecule has 1 amide bonds. The van der Waals surface area contributed by atoms with Crippen molar-refractivity contribution in [2.45, 2.75) is 33.3 Å². The number of carbonyl (C=O) groups excluding carboxylic acids is 1. The second-order valence-electron chi connectivity index (χ2n) is 4.64. The number of aryl methyl sites for hydroxylation is 2. The van der Waals surface area contributed by atoms with Crippen molar-refractivity contribution in [2.24, 2.45) is 0 Å². The molecule has 0 bridgehead atoms. The van der Waals surface area contributed by atoms with E-state index in [2.05, 4.69) is 10.5 Å². The molecule has 1 atom stereocenters. The van der Waals surface area contributed by atoms with Crippen LogP contribution >= 0.6 is 0 Å². The highest BCUT2D eigenvalue weighted by Gasteiger charge is 2.19. The number of hydrogen-bond donors (Lipinski definition) is 1. The third-order valence-electron chi connectivity index (χ3n) is 2.84. The maximum Gasteiger partial charge on any atom is 0.266 e. The van der Waals surface area contributed by atoms with Gasteiger partial charge < -0.3 is 14.6 Å². The molecule has 0 fully saturated rings. The first-order valence-electron chi connectivity index (χ1n) is 6.56. The Bertz CT molecular complexity index is 575. The Morgan fingerprint density at radius 2 is 2.05 bits per heavy atom. The van der Waals surface area contributed by atoms with Gasteiger partial charge >= 0.3 is 0 Å². The Labute approximate surface area is 117 Å². The van der Waals surface area contributed by atoms with Gasteiger partial charge in [0.25, 0.3) is 5.91 Å². The third kappa shape index (κ3) is 3.60. The zero-order valence-electron chi connectivity index (χ0n) is 11.8. The first-order valence-corrected chi connectivity index (χ1v) is 6.56. The molecule has 2 rings (SSSR count). The van der Waals surface area contributed by atoms with E-state index in [4.69, 9.17) is 9.26 Å². The summed E-state index contributed by atoms with van der Waals surface area (Å²) >= 11 is 0. The number of ether oxygens (including phenoxy) is 1. The zero-order chi connectivity index (χ0) is 14.5. The van der Waals surface area contributed by atoms with E-state index >= 15 is 0 Å². The molecule has 5 nitrogen and oxygen atoms in total. The SMILES string of the molecule is CC[C@H](Oc1ccc(C)cc1)C(=O)Nc1cc(C)on1. The number of carbonyl (C=O) groups is 1. The minimum absolute atomic E-state index is 0.235. The minimum atomic E-state index is -0.560. The van der Waals surface area contributed by atoms with Gasteiger partial charge in [-0.05, 0) is 32.4 Å². The van der Waals surface area contributed by atoms with Crippen molar-refractivity contribution in [2.75, 3.05) is 5.32 Å². The summed E-state index contributed by atoms with van der Waals surface area (Å²) in [4.78, 5) is 12.1. The number of rotatable bonds is 5. The predicted octanol–water partition coefficient (Wildman–Crippen LogP) is 3.09. The number of hydrogen-bond acceptors (Lipinski definition) is 4. The van der Waals surface area contributed by atoms with E-state index in [0.717, 1.165) is 5.56 Å². The second kappa shape index (κ2) is 6.23. The molecule has 0 aliphatic heterocycles. The van der Waals surface area contributed by atoms with Crippen molar-refractivity contribution in [3.8, 4) is 5.75 Å². The quantitative estimate of drug-likeness (QED) is 0.910. The lowest BCUT2D eigenvalue weighted by molar-refractivity contribution is -0.122. The molecule has 0 saturated heterocycles. The molecule has 1 aromatic carbocycles. The van der Waals surface area contributed by atoms with Crippen LogP contribution in [0.3, 0.4) is 0 Å². The molecule has 106 valence electrons. The Hall–Kier alpha value is -2.30. The highest BCUT2D eigenvalue weighted by molar-refractivity contribution is 5.93. The van der Waals surface area contributed by atoms with Crippen LogP contribution in [-0.2, 0) is 4.79 Å². The average molecular weight is 274 g/mol. The van der Waals surface area contributed by atoms with Crippen LogP contribution in [0, 0.1) is 13.8 Å². The number of amides is 1. The van der Waals surface area contributed by atoms with Crippen LogP contribution in [0.15, 0.2) is 34.9 Å². The van der Waals surface area contributed by atoms with Crippen LogP contribution in [-0.4, -0.2) is 17.2 Å². The van der Waals surface area contributed by atoms with E-state index < -0.39 is 6.10 Å². The Morgan fingerprint density at radius 3 is 2.60 bits per heavy atom. The maximum absolute atomic E-state index is 12.1. The van der Waals surface area contributed by atoms with E-state index in [0.29, 0.717) is 23.7 Å². The largest absolute Gasteiger partial charge is 0.481 e. The molecule has 0 saturated carbocycles. The van der Waals surface area contributed by atoms with E-state index in [1.807, 2.05) is 38.1 Å². The summed E-state index contributed by atoms with van der Waals surface area (Å²) in [6, 6.07) is 9.26. The molecule has 20 heavy (non-hydrogen) atoms. The molecular formula is C15H18N2O3. The molecule has 1 aromatic heterocycles. The maximum atomic E-state index is 12.1. The Balaban J connectivity index is 2.00. The van der Waals surface area contributed by atoms with Crippen LogP contribution in [0.1, 0.15) is 24.7 Å². The van der Waals surface area contributed by atoms with Crippen molar-refractivity contribution in [3.05, 3.63) is 41.7 Å². The minimum Gasteiger partial charge on any atom is -0.481 e. The lowest BCUT2D eigenvalue weighted by Crippen LogP contribution is -2.32. The monoisotopic (exact) mass is 274 g/mol. The average Bonchev–Trinajstić information content (AvgIpc) is 2.83. The normalized spacial score (nSPS) is 11.9. The number of nitrogens with zero attached hydrogens (tertiary/aromatic N) is 1. The van der Waals surface area contributed by atoms with Gasteiger partial charge in [0, 0.05) is 6.07 Å². The van der Waals surface area contributed by atoms with Crippen molar-refractivity contribution in [1.82, 2.24) is 5.16 Å². The summed E-state index contributed by atoms with van der Waals surface area (Å²) in [5.74, 6) is 1.49. The number of benzene rings is 1. The highest BCUT2D eigenvalue weighted by atomic mass is 16.5. The lowest BCUT2D eigenvalue weighted by atomic mass is 10.2. The fourth-order valence-electron chi connectivity index (χ4n) is 1.74. The predicted molar refractivity (Wildman–Crippen MR) is 75.8 cm³/mol. The summed E-state index contributed by atoms with van der Waals surface area (Å²) in [7, 11) is 0. The molecule has 0 radical (unpaired) electrons. The summed E-state index contributed by atoms with van der Waals surface area (Å²) in [6.07, 6.45) is 0.00556. The molecule has 0 spiro atoms. The Morgan fingerprint density at radius 1 is 1.35 bits per heavy atom. The zero-order valence-corrected chi connectivity index (χ0v) is 11.8. The molecule has 0 aliphatic carbocycles. The molecule has 0 unspecified atom stereocenters. The second-order valence-corrected chi connectivity index (χ2v) is 4.64. The third-order valence-corrected chi connectivity index (χ3v) is 2.84. The van der Waals surface area contributed by atoms with E-state index in [9.17, 15) is 4.79 Å². The van der Waals surface area contributed by atoms with Gasteiger partial charge in [-0.25, -0.2) is 0 Å². The van der Waals surface area contributed by atoms with Gasteiger partial charge in [0.2, 0.25) is 0 Å². The van der Waals surface area contributed by atoms with Crippen LogP contribution in [0.4, 0.5) is 5.82 Å². The molecule has 0 aliphatic rings. The van der Waals surface area contributed by atoms with Crippen molar-refractivity contribution < 1.29 is 14.1 Å². The van der Waals surface area contributed by atoms with E-state index in [-0.39, 0.29) is 5.91 Å². The summed E-state index contributed by atoms with van der Waals surface area (Å²) in [6.45, 7) is 5.66. The molecule has 1 N–H and O–H groups in total. The fourth-order valence-corrected chi connectivity index (χ4v) is 1.74. The first kappa shape index (κ1) is 14.1. The molecule has 1 heterocycles. The lowest BCUT2D eigenvalue weighted by Gasteiger charge is -2.16. The van der Waals surface area contributed by atoms with Gasteiger partial charge in [-0.2, -0.15) is 0 Å². The number of nitrogens with one attached hydrogen (secondary N) is 1. The van der Waals surface area contributed by atoms with Crippen molar-refractivity contribution in [1.29, 1.82) is 0 Å². The van der Waals surface area contributed by atoms with Gasteiger partial charge in [0.05, 0.1) is 0 Å². The molecule has 5 heteroatoms. The highest BCUT2D eigenvalue weighted by Crippen LogP contribution is 2.16. The smallest absolute Gasteiger partial charge is 0.266 e. The van der Waals surface area contributed by atoms with Gasteiger partial charge in [0.1, 0.15) is 11.5 Å². The topological polar surface area (TPSA) is 64.4 Å². The van der Waals surface area contributed by atoms with Crippen LogP contribution in [0.5, 0.6) is 5.75 Å². The van der Waals surface area contributed by atoms with E-state index in [1.165, 1.54) is 0 Å². The van der Waals surface area contributed by atoms with Gasteiger partial charge in [-0.15, -0.1) is 0 Å². The summed E-state index contributed by atoms with van der Waals surface area (Å²) in [5, 5.41) is 6.41. The number of anilines is 1. The first-order chi connectivity index (χ1) is 9.58. The fraction of sp³-hybridized carbons (Fsp3) is 0.333. The van der Waals surface area contributed by atoms with Gasteiger partial charge in [-0.1, -0.05) is 29.8 Å². The summed E-state index contributed by atoms with van der Waals surface area (Å²) < 4.78 is 10.6. The summed E-state index contributed by atoms with van der Waals surface area (Å²) in [5.41, 5.74) is 1.15.